The number of aryl methyl sites for hydroxylation is 2. The van der Waals surface area contributed by atoms with Gasteiger partial charge in [-0.2, -0.15) is 0 Å². The smallest absolute Gasteiger partial charge is 0.206 e. The lowest BCUT2D eigenvalue weighted by Crippen LogP contribution is -2.10. The minimum atomic E-state index is 0.255. The summed E-state index contributed by atoms with van der Waals surface area (Å²) in [5.74, 6) is 1.03. The van der Waals surface area contributed by atoms with Crippen molar-refractivity contribution in [1.29, 1.82) is 0 Å². The number of nitrogens with zero attached hydrogens (tertiary/aromatic N) is 2. The zero-order chi connectivity index (χ0) is 13.9. The number of para-hydroxylation sites is 1. The van der Waals surface area contributed by atoms with Crippen LogP contribution >= 0.6 is 11.3 Å². The standard InChI is InChI=1S/C15H19N3OS/c1-3-13-17-18-15(20-13)16-12-8-5-9-19-14-10(2)6-4-7-11(12)14/h4,6-7,12H,3,5,8-9H2,1-2H3,(H,16,18). The summed E-state index contributed by atoms with van der Waals surface area (Å²) in [6.45, 7) is 4.98. The first-order valence-corrected chi connectivity index (χ1v) is 7.91. The van der Waals surface area contributed by atoms with Gasteiger partial charge in [0.15, 0.2) is 0 Å². The number of ether oxygens (including phenoxy) is 1. The molecule has 106 valence electrons. The highest BCUT2D eigenvalue weighted by molar-refractivity contribution is 7.15. The van der Waals surface area contributed by atoms with Crippen LogP contribution in [0.25, 0.3) is 0 Å². The average Bonchev–Trinajstić information content (AvgIpc) is 2.81. The van der Waals surface area contributed by atoms with E-state index < -0.39 is 0 Å². The summed E-state index contributed by atoms with van der Waals surface area (Å²) in [5.41, 5.74) is 2.43. The van der Waals surface area contributed by atoms with E-state index in [0.717, 1.165) is 41.8 Å². The van der Waals surface area contributed by atoms with E-state index in [2.05, 4.69) is 47.6 Å². The summed E-state index contributed by atoms with van der Waals surface area (Å²) in [6, 6.07) is 6.59. The molecule has 2 aromatic rings. The quantitative estimate of drug-likeness (QED) is 0.935. The lowest BCUT2D eigenvalue weighted by atomic mass is 10.00. The molecule has 2 heterocycles. The molecule has 5 heteroatoms. The highest BCUT2D eigenvalue weighted by Crippen LogP contribution is 2.36. The van der Waals surface area contributed by atoms with E-state index in [1.807, 2.05) is 0 Å². The SMILES string of the molecule is CCc1nnc(NC2CCCOc3c(C)cccc32)s1. The fourth-order valence-electron chi connectivity index (χ4n) is 2.52. The summed E-state index contributed by atoms with van der Waals surface area (Å²) in [7, 11) is 0. The van der Waals surface area contributed by atoms with Gasteiger partial charge in [0.05, 0.1) is 12.6 Å². The number of hydrogen-bond acceptors (Lipinski definition) is 5. The summed E-state index contributed by atoms with van der Waals surface area (Å²) >= 11 is 1.64. The highest BCUT2D eigenvalue weighted by Gasteiger charge is 2.21. The maximum atomic E-state index is 5.90. The Hall–Kier alpha value is -1.62. The topological polar surface area (TPSA) is 47.0 Å². The molecule has 1 aliphatic heterocycles. The Morgan fingerprint density at radius 3 is 3.10 bits per heavy atom. The summed E-state index contributed by atoms with van der Waals surface area (Å²) < 4.78 is 5.90. The van der Waals surface area contributed by atoms with Gasteiger partial charge in [0.25, 0.3) is 0 Å². The Bertz CT molecular complexity index is 597. The number of rotatable bonds is 3. The maximum Gasteiger partial charge on any atom is 0.206 e. The Balaban J connectivity index is 1.88. The minimum absolute atomic E-state index is 0.255. The summed E-state index contributed by atoms with van der Waals surface area (Å²) in [5, 5.41) is 13.9. The molecule has 1 N–H and O–H groups in total. The molecule has 0 spiro atoms. The lowest BCUT2D eigenvalue weighted by Gasteiger charge is -2.18. The number of benzene rings is 1. The zero-order valence-electron chi connectivity index (χ0n) is 11.8. The molecule has 0 amide bonds. The van der Waals surface area contributed by atoms with Gasteiger partial charge in [-0.15, -0.1) is 10.2 Å². The third-order valence-corrected chi connectivity index (χ3v) is 4.57. The van der Waals surface area contributed by atoms with Crippen LogP contribution in [0, 0.1) is 6.92 Å². The van der Waals surface area contributed by atoms with E-state index in [1.165, 1.54) is 11.1 Å². The van der Waals surface area contributed by atoms with Crippen molar-refractivity contribution in [1.82, 2.24) is 10.2 Å². The molecule has 0 saturated heterocycles. The molecular weight excluding hydrogens is 270 g/mol. The van der Waals surface area contributed by atoms with Gasteiger partial charge in [-0.25, -0.2) is 0 Å². The maximum absolute atomic E-state index is 5.90. The van der Waals surface area contributed by atoms with Crippen molar-refractivity contribution < 1.29 is 4.74 Å². The van der Waals surface area contributed by atoms with E-state index in [1.54, 1.807) is 11.3 Å². The van der Waals surface area contributed by atoms with Crippen molar-refractivity contribution in [3.05, 3.63) is 34.3 Å². The molecule has 1 atom stereocenters. The van der Waals surface area contributed by atoms with Crippen LogP contribution in [0.4, 0.5) is 5.13 Å². The highest BCUT2D eigenvalue weighted by atomic mass is 32.1. The van der Waals surface area contributed by atoms with Crippen molar-refractivity contribution in [3.63, 3.8) is 0 Å². The summed E-state index contributed by atoms with van der Waals surface area (Å²) in [4.78, 5) is 0. The number of hydrogen-bond donors (Lipinski definition) is 1. The summed E-state index contributed by atoms with van der Waals surface area (Å²) in [6.07, 6.45) is 3.03. The third-order valence-electron chi connectivity index (χ3n) is 3.57. The van der Waals surface area contributed by atoms with Gasteiger partial charge in [0.2, 0.25) is 5.13 Å². The van der Waals surface area contributed by atoms with Crippen LogP contribution < -0.4 is 10.1 Å². The van der Waals surface area contributed by atoms with Crippen LogP contribution in [0.2, 0.25) is 0 Å². The van der Waals surface area contributed by atoms with E-state index in [4.69, 9.17) is 4.74 Å². The van der Waals surface area contributed by atoms with Gasteiger partial charge in [0.1, 0.15) is 10.8 Å². The second-order valence-electron chi connectivity index (χ2n) is 5.04. The van der Waals surface area contributed by atoms with Crippen molar-refractivity contribution >= 4 is 16.5 Å². The molecule has 0 fully saturated rings. The molecule has 3 rings (SSSR count). The molecule has 20 heavy (non-hydrogen) atoms. The van der Waals surface area contributed by atoms with E-state index in [-0.39, 0.29) is 6.04 Å². The normalized spacial score (nSPS) is 18.0. The van der Waals surface area contributed by atoms with Gasteiger partial charge in [-0.1, -0.05) is 36.5 Å². The number of fused-ring (bicyclic) bond motifs is 1. The van der Waals surface area contributed by atoms with Crippen molar-refractivity contribution in [2.45, 2.75) is 39.2 Å². The Morgan fingerprint density at radius 1 is 1.40 bits per heavy atom. The second-order valence-corrected chi connectivity index (χ2v) is 6.10. The predicted molar refractivity (Wildman–Crippen MR) is 81.6 cm³/mol. The van der Waals surface area contributed by atoms with Crippen molar-refractivity contribution in [2.24, 2.45) is 0 Å². The monoisotopic (exact) mass is 289 g/mol. The molecule has 0 saturated carbocycles. The van der Waals surface area contributed by atoms with Crippen LogP contribution in [-0.4, -0.2) is 16.8 Å². The van der Waals surface area contributed by atoms with Gasteiger partial charge >= 0.3 is 0 Å². The Labute approximate surface area is 123 Å². The lowest BCUT2D eigenvalue weighted by molar-refractivity contribution is 0.314. The van der Waals surface area contributed by atoms with Gasteiger partial charge < -0.3 is 10.1 Å². The zero-order valence-corrected chi connectivity index (χ0v) is 12.7. The largest absolute Gasteiger partial charge is 0.493 e. The molecule has 0 radical (unpaired) electrons. The number of anilines is 1. The number of aromatic nitrogens is 2. The van der Waals surface area contributed by atoms with E-state index in [0.29, 0.717) is 0 Å². The molecule has 1 aromatic heterocycles. The van der Waals surface area contributed by atoms with E-state index in [9.17, 15) is 0 Å². The van der Waals surface area contributed by atoms with Gasteiger partial charge in [0, 0.05) is 5.56 Å². The Kier molecular flexibility index (Phi) is 3.87. The van der Waals surface area contributed by atoms with Crippen molar-refractivity contribution in [2.75, 3.05) is 11.9 Å². The second kappa shape index (κ2) is 5.79. The molecule has 1 aromatic carbocycles. The fraction of sp³-hybridized carbons (Fsp3) is 0.467. The van der Waals surface area contributed by atoms with Crippen molar-refractivity contribution in [3.8, 4) is 5.75 Å². The molecule has 0 aliphatic carbocycles. The third kappa shape index (κ3) is 2.63. The molecule has 1 aliphatic rings. The number of nitrogens with one attached hydrogen (secondary N) is 1. The predicted octanol–water partition coefficient (Wildman–Crippen LogP) is 3.73. The van der Waals surface area contributed by atoms with Crippen LogP contribution in [0.3, 0.4) is 0 Å². The van der Waals surface area contributed by atoms with E-state index >= 15 is 0 Å². The van der Waals surface area contributed by atoms with Crippen LogP contribution in [0.5, 0.6) is 5.75 Å². The molecular formula is C15H19N3OS. The van der Waals surface area contributed by atoms with Gasteiger partial charge in [-0.05, 0) is 31.7 Å². The average molecular weight is 289 g/mol. The first kappa shape index (κ1) is 13.4. The van der Waals surface area contributed by atoms with Crippen LogP contribution in [-0.2, 0) is 6.42 Å². The molecule has 1 unspecified atom stereocenters. The Morgan fingerprint density at radius 2 is 2.30 bits per heavy atom. The minimum Gasteiger partial charge on any atom is -0.493 e. The molecule has 4 nitrogen and oxygen atoms in total. The van der Waals surface area contributed by atoms with Gasteiger partial charge in [-0.3, -0.25) is 0 Å². The molecule has 0 bridgehead atoms. The first-order valence-electron chi connectivity index (χ1n) is 7.09. The van der Waals surface area contributed by atoms with Crippen LogP contribution in [0.15, 0.2) is 18.2 Å². The van der Waals surface area contributed by atoms with Crippen LogP contribution in [0.1, 0.15) is 41.9 Å². The first-order chi connectivity index (χ1) is 9.78. The fourth-order valence-corrected chi connectivity index (χ4v) is 3.25.